The van der Waals surface area contributed by atoms with Crippen LogP contribution in [0.25, 0.3) is 11.5 Å². The fraction of sp³-hybridized carbons (Fsp3) is 0.333. The van der Waals surface area contributed by atoms with E-state index in [1.165, 1.54) is 0 Å². The predicted molar refractivity (Wildman–Crippen MR) is 58.5 cm³/mol. The predicted octanol–water partition coefficient (Wildman–Crippen LogP) is 1.30. The molecule has 0 bridgehead atoms. The molecule has 2 aromatic heterocycles. The van der Waals surface area contributed by atoms with Gasteiger partial charge in [0.15, 0.2) is 11.0 Å². The van der Waals surface area contributed by atoms with Gasteiger partial charge in [-0.2, -0.15) is 0 Å². The van der Waals surface area contributed by atoms with Crippen LogP contribution in [0, 0.1) is 6.92 Å². The molecule has 0 atom stereocenters. The highest BCUT2D eigenvalue weighted by Gasteiger charge is 2.10. The third kappa shape index (κ3) is 1.85. The SMILES string of the molecule is CSc1nnc(-c2cnc(C)cn2)n1C. The van der Waals surface area contributed by atoms with Gasteiger partial charge in [-0.05, 0) is 13.2 Å². The van der Waals surface area contributed by atoms with Crippen molar-refractivity contribution in [3.63, 3.8) is 0 Å². The van der Waals surface area contributed by atoms with Gasteiger partial charge in [0.2, 0.25) is 0 Å². The molecule has 2 heterocycles. The molecule has 0 saturated carbocycles. The second-order valence-electron chi connectivity index (χ2n) is 3.11. The van der Waals surface area contributed by atoms with Crippen LogP contribution in [0.15, 0.2) is 17.6 Å². The summed E-state index contributed by atoms with van der Waals surface area (Å²) in [6.07, 6.45) is 5.40. The Kier molecular flexibility index (Phi) is 2.68. The summed E-state index contributed by atoms with van der Waals surface area (Å²) < 4.78 is 1.91. The zero-order valence-corrected chi connectivity index (χ0v) is 9.62. The average molecular weight is 221 g/mol. The number of hydrogen-bond donors (Lipinski definition) is 0. The van der Waals surface area contributed by atoms with Crippen LogP contribution in [-0.4, -0.2) is 31.0 Å². The van der Waals surface area contributed by atoms with Crippen LogP contribution in [0.1, 0.15) is 5.69 Å². The molecule has 5 nitrogen and oxygen atoms in total. The van der Waals surface area contributed by atoms with Gasteiger partial charge in [0, 0.05) is 13.2 Å². The largest absolute Gasteiger partial charge is 0.304 e. The summed E-state index contributed by atoms with van der Waals surface area (Å²) in [6.45, 7) is 1.90. The zero-order chi connectivity index (χ0) is 10.8. The van der Waals surface area contributed by atoms with Crippen LogP contribution < -0.4 is 0 Å². The van der Waals surface area contributed by atoms with Gasteiger partial charge in [0.05, 0.1) is 11.9 Å². The van der Waals surface area contributed by atoms with Crippen LogP contribution in [-0.2, 0) is 7.05 Å². The minimum Gasteiger partial charge on any atom is -0.304 e. The quantitative estimate of drug-likeness (QED) is 0.715. The van der Waals surface area contributed by atoms with Gasteiger partial charge in [-0.25, -0.2) is 4.98 Å². The highest BCUT2D eigenvalue weighted by molar-refractivity contribution is 7.98. The third-order valence-electron chi connectivity index (χ3n) is 2.03. The molecule has 78 valence electrons. The molecule has 2 rings (SSSR count). The summed E-state index contributed by atoms with van der Waals surface area (Å²) in [5.74, 6) is 0.742. The van der Waals surface area contributed by atoms with E-state index in [4.69, 9.17) is 0 Å². The molecule has 0 unspecified atom stereocenters. The Labute approximate surface area is 92.0 Å². The highest BCUT2D eigenvalue weighted by atomic mass is 32.2. The molecule has 0 aromatic carbocycles. The Balaban J connectivity index is 2.45. The molecular weight excluding hydrogens is 210 g/mol. The van der Waals surface area contributed by atoms with Crippen molar-refractivity contribution in [3.8, 4) is 11.5 Å². The second kappa shape index (κ2) is 3.98. The number of aryl methyl sites for hydroxylation is 1. The molecule has 0 fully saturated rings. The molecule has 0 aliphatic heterocycles. The Morgan fingerprint density at radius 3 is 2.53 bits per heavy atom. The number of thioether (sulfide) groups is 1. The van der Waals surface area contributed by atoms with Gasteiger partial charge in [-0.1, -0.05) is 11.8 Å². The van der Waals surface area contributed by atoms with E-state index >= 15 is 0 Å². The number of hydrogen-bond acceptors (Lipinski definition) is 5. The first-order valence-corrected chi connectivity index (χ1v) is 5.67. The van der Waals surface area contributed by atoms with Gasteiger partial charge in [-0.3, -0.25) is 4.98 Å². The molecule has 6 heteroatoms. The van der Waals surface area contributed by atoms with Gasteiger partial charge in [0.1, 0.15) is 5.69 Å². The van der Waals surface area contributed by atoms with Crippen LogP contribution in [0.3, 0.4) is 0 Å². The fourth-order valence-corrected chi connectivity index (χ4v) is 1.71. The summed E-state index contributed by atoms with van der Waals surface area (Å²) in [6, 6.07) is 0. The lowest BCUT2D eigenvalue weighted by atomic mass is 10.4. The van der Waals surface area contributed by atoms with E-state index in [1.807, 2.05) is 24.8 Å². The Morgan fingerprint density at radius 1 is 1.20 bits per heavy atom. The van der Waals surface area contributed by atoms with Crippen molar-refractivity contribution < 1.29 is 0 Å². The third-order valence-corrected chi connectivity index (χ3v) is 2.75. The minimum absolute atomic E-state index is 0.742. The van der Waals surface area contributed by atoms with Gasteiger partial charge >= 0.3 is 0 Å². The Hall–Kier alpha value is -1.43. The average Bonchev–Trinajstić information content (AvgIpc) is 2.61. The second-order valence-corrected chi connectivity index (χ2v) is 3.89. The van der Waals surface area contributed by atoms with Crippen LogP contribution in [0.5, 0.6) is 0 Å². The summed E-state index contributed by atoms with van der Waals surface area (Å²) >= 11 is 1.56. The van der Waals surface area contributed by atoms with Crippen molar-refractivity contribution in [2.45, 2.75) is 12.1 Å². The van der Waals surface area contributed by atoms with Crippen molar-refractivity contribution in [3.05, 3.63) is 18.1 Å². The van der Waals surface area contributed by atoms with E-state index in [0.29, 0.717) is 0 Å². The van der Waals surface area contributed by atoms with Crippen molar-refractivity contribution in [1.29, 1.82) is 0 Å². The Morgan fingerprint density at radius 2 is 2.00 bits per heavy atom. The van der Waals surface area contributed by atoms with Gasteiger partial charge < -0.3 is 4.57 Å². The summed E-state index contributed by atoms with van der Waals surface area (Å²) in [4.78, 5) is 8.44. The first kappa shape index (κ1) is 10.1. The molecule has 0 saturated heterocycles. The van der Waals surface area contributed by atoms with Gasteiger partial charge in [0.25, 0.3) is 0 Å². The topological polar surface area (TPSA) is 56.5 Å². The molecule has 15 heavy (non-hydrogen) atoms. The van der Waals surface area contributed by atoms with Crippen LogP contribution >= 0.6 is 11.8 Å². The molecule has 0 aliphatic carbocycles. The first-order chi connectivity index (χ1) is 7.22. The standard InChI is InChI=1S/C9H11N5S/c1-6-4-11-7(5-10-6)8-12-13-9(15-3)14(8)2/h4-5H,1-3H3. The van der Waals surface area contributed by atoms with Crippen molar-refractivity contribution >= 4 is 11.8 Å². The summed E-state index contributed by atoms with van der Waals surface area (Å²) in [7, 11) is 1.92. The number of nitrogens with zero attached hydrogens (tertiary/aromatic N) is 5. The lowest BCUT2D eigenvalue weighted by molar-refractivity contribution is 0.793. The number of aromatic nitrogens is 5. The van der Waals surface area contributed by atoms with E-state index < -0.39 is 0 Å². The molecule has 0 spiro atoms. The van der Waals surface area contributed by atoms with E-state index in [2.05, 4.69) is 20.2 Å². The van der Waals surface area contributed by atoms with Crippen LogP contribution in [0.4, 0.5) is 0 Å². The minimum atomic E-state index is 0.742. The van der Waals surface area contributed by atoms with Crippen LogP contribution in [0.2, 0.25) is 0 Å². The summed E-state index contributed by atoms with van der Waals surface area (Å²) in [5, 5.41) is 8.99. The zero-order valence-electron chi connectivity index (χ0n) is 8.80. The lowest BCUT2D eigenvalue weighted by Gasteiger charge is -2.00. The molecule has 0 amide bonds. The van der Waals surface area contributed by atoms with E-state index in [-0.39, 0.29) is 0 Å². The first-order valence-electron chi connectivity index (χ1n) is 4.44. The lowest BCUT2D eigenvalue weighted by Crippen LogP contribution is -1.97. The normalized spacial score (nSPS) is 10.6. The van der Waals surface area contributed by atoms with Crippen molar-refractivity contribution in [1.82, 2.24) is 24.7 Å². The van der Waals surface area contributed by atoms with Gasteiger partial charge in [-0.15, -0.1) is 10.2 Å². The van der Waals surface area contributed by atoms with Crippen molar-refractivity contribution in [2.75, 3.05) is 6.26 Å². The molecule has 0 radical (unpaired) electrons. The maximum absolute atomic E-state index is 4.26. The highest BCUT2D eigenvalue weighted by Crippen LogP contribution is 2.18. The van der Waals surface area contributed by atoms with Crippen molar-refractivity contribution in [2.24, 2.45) is 7.05 Å². The van der Waals surface area contributed by atoms with E-state index in [9.17, 15) is 0 Å². The molecule has 0 aliphatic rings. The fourth-order valence-electron chi connectivity index (χ4n) is 1.22. The van der Waals surface area contributed by atoms with E-state index in [1.54, 1.807) is 24.2 Å². The molecular formula is C9H11N5S. The monoisotopic (exact) mass is 221 g/mol. The molecule has 2 aromatic rings. The number of rotatable bonds is 2. The maximum Gasteiger partial charge on any atom is 0.191 e. The summed E-state index contributed by atoms with van der Waals surface area (Å²) in [5.41, 5.74) is 1.64. The molecule has 0 N–H and O–H groups in total. The van der Waals surface area contributed by atoms with E-state index in [0.717, 1.165) is 22.4 Å². The Bertz CT molecular complexity index is 462. The maximum atomic E-state index is 4.26. The smallest absolute Gasteiger partial charge is 0.191 e.